The van der Waals surface area contributed by atoms with Crippen molar-refractivity contribution in [2.75, 3.05) is 12.3 Å². The van der Waals surface area contributed by atoms with E-state index in [4.69, 9.17) is 5.41 Å². The maximum atomic E-state index is 7.46. The van der Waals surface area contributed by atoms with Crippen molar-refractivity contribution in [2.45, 2.75) is 24.6 Å². The average Bonchev–Trinajstić information content (AvgIpc) is 2.44. The highest BCUT2D eigenvalue weighted by Gasteiger charge is 2.38. The minimum atomic E-state index is 0.701. The van der Waals surface area contributed by atoms with E-state index in [1.807, 2.05) is 6.92 Å². The van der Waals surface area contributed by atoms with Gasteiger partial charge in [0.05, 0.1) is 5.84 Å². The Morgan fingerprint density at radius 1 is 1.70 bits per heavy atom. The molecule has 0 aliphatic carbocycles. The third kappa shape index (κ3) is 0.839. The molecule has 0 aromatic heterocycles. The van der Waals surface area contributed by atoms with Crippen LogP contribution in [0.2, 0.25) is 0 Å². The summed E-state index contributed by atoms with van der Waals surface area (Å²) in [7, 11) is 0. The Morgan fingerprint density at radius 3 is 2.80 bits per heavy atom. The van der Waals surface area contributed by atoms with Crippen LogP contribution in [0.4, 0.5) is 0 Å². The summed E-state index contributed by atoms with van der Waals surface area (Å²) in [5.74, 6) is 2.01. The lowest BCUT2D eigenvalue weighted by Gasteiger charge is -2.27. The first-order valence-electron chi connectivity index (χ1n) is 3.71. The van der Waals surface area contributed by atoms with Crippen LogP contribution in [0.5, 0.6) is 0 Å². The number of nitrogens with zero attached hydrogens (tertiary/aromatic N) is 1. The van der Waals surface area contributed by atoms with Crippen molar-refractivity contribution >= 4 is 17.6 Å². The van der Waals surface area contributed by atoms with Gasteiger partial charge in [-0.15, -0.1) is 0 Å². The molecule has 2 rings (SSSR count). The summed E-state index contributed by atoms with van der Waals surface area (Å²) in [4.78, 5) is 2.24. The predicted octanol–water partition coefficient (Wildman–Crippen LogP) is 1.17. The fourth-order valence-electron chi connectivity index (χ4n) is 1.81. The zero-order chi connectivity index (χ0) is 7.14. The standard InChI is InChI=1S/C7H12N2S/c1-5(8)9-3-7-2-6(9)4-10-7/h6-8H,2-4H2,1H3. The highest BCUT2D eigenvalue weighted by atomic mass is 32.2. The molecule has 56 valence electrons. The number of fused-ring (bicyclic) bond motifs is 2. The molecule has 2 fully saturated rings. The smallest absolute Gasteiger partial charge is 0.0928 e. The summed E-state index contributed by atoms with van der Waals surface area (Å²) < 4.78 is 0. The summed E-state index contributed by atoms with van der Waals surface area (Å²) in [6.45, 7) is 3.02. The van der Waals surface area contributed by atoms with Gasteiger partial charge in [0.15, 0.2) is 0 Å². The van der Waals surface area contributed by atoms with Crippen LogP contribution in [0.15, 0.2) is 0 Å². The molecular formula is C7H12N2S. The van der Waals surface area contributed by atoms with Crippen LogP contribution in [0.1, 0.15) is 13.3 Å². The first kappa shape index (κ1) is 6.53. The van der Waals surface area contributed by atoms with Gasteiger partial charge in [0, 0.05) is 23.6 Å². The number of rotatable bonds is 0. The van der Waals surface area contributed by atoms with Crippen molar-refractivity contribution < 1.29 is 0 Å². The second kappa shape index (κ2) is 2.16. The Bertz CT molecular complexity index is 169. The minimum Gasteiger partial charge on any atom is -0.356 e. The second-order valence-electron chi connectivity index (χ2n) is 3.08. The molecule has 0 aromatic carbocycles. The second-order valence-corrected chi connectivity index (χ2v) is 4.42. The van der Waals surface area contributed by atoms with E-state index in [0.717, 1.165) is 17.6 Å². The van der Waals surface area contributed by atoms with E-state index < -0.39 is 0 Å². The van der Waals surface area contributed by atoms with Crippen LogP contribution in [0.25, 0.3) is 0 Å². The Kier molecular flexibility index (Phi) is 1.41. The lowest BCUT2D eigenvalue weighted by Crippen LogP contribution is -2.37. The molecule has 0 amide bonds. The van der Waals surface area contributed by atoms with Crippen LogP contribution < -0.4 is 0 Å². The van der Waals surface area contributed by atoms with Crippen LogP contribution in [-0.2, 0) is 0 Å². The maximum absolute atomic E-state index is 7.46. The molecule has 0 radical (unpaired) electrons. The average molecular weight is 156 g/mol. The summed E-state index contributed by atoms with van der Waals surface area (Å²) in [5, 5.41) is 8.30. The molecule has 2 heterocycles. The Hall–Kier alpha value is -0.180. The van der Waals surface area contributed by atoms with E-state index in [1.165, 1.54) is 12.2 Å². The van der Waals surface area contributed by atoms with Gasteiger partial charge in [0.1, 0.15) is 0 Å². The van der Waals surface area contributed by atoms with Gasteiger partial charge in [0.25, 0.3) is 0 Å². The summed E-state index contributed by atoms with van der Waals surface area (Å²) in [5.41, 5.74) is 0. The van der Waals surface area contributed by atoms with Crippen molar-refractivity contribution in [3.8, 4) is 0 Å². The molecule has 2 atom stereocenters. The molecule has 1 N–H and O–H groups in total. The largest absolute Gasteiger partial charge is 0.356 e. The van der Waals surface area contributed by atoms with Gasteiger partial charge in [-0.2, -0.15) is 11.8 Å². The number of amidine groups is 1. The van der Waals surface area contributed by atoms with Gasteiger partial charge in [-0.1, -0.05) is 0 Å². The van der Waals surface area contributed by atoms with E-state index in [9.17, 15) is 0 Å². The van der Waals surface area contributed by atoms with Gasteiger partial charge in [-0.3, -0.25) is 5.41 Å². The van der Waals surface area contributed by atoms with Gasteiger partial charge in [-0.05, 0) is 13.3 Å². The Balaban J connectivity index is 2.08. The molecule has 0 spiro atoms. The van der Waals surface area contributed by atoms with Crippen molar-refractivity contribution in [2.24, 2.45) is 0 Å². The lowest BCUT2D eigenvalue weighted by molar-refractivity contribution is 0.412. The Morgan fingerprint density at radius 2 is 2.50 bits per heavy atom. The highest BCUT2D eigenvalue weighted by molar-refractivity contribution is 8.00. The molecule has 0 saturated carbocycles. The third-order valence-corrected chi connectivity index (χ3v) is 3.72. The zero-order valence-electron chi connectivity index (χ0n) is 6.13. The molecule has 0 aromatic rings. The summed E-state index contributed by atoms with van der Waals surface area (Å²) in [6.07, 6.45) is 1.32. The van der Waals surface area contributed by atoms with Crippen LogP contribution in [-0.4, -0.2) is 34.3 Å². The van der Waals surface area contributed by atoms with E-state index in [1.54, 1.807) is 0 Å². The quantitative estimate of drug-likeness (QED) is 0.421. The molecule has 2 aliphatic rings. The van der Waals surface area contributed by atoms with Crippen molar-refractivity contribution in [1.29, 1.82) is 5.41 Å². The first-order valence-corrected chi connectivity index (χ1v) is 4.75. The molecular weight excluding hydrogens is 144 g/mol. The van der Waals surface area contributed by atoms with E-state index in [2.05, 4.69) is 16.7 Å². The van der Waals surface area contributed by atoms with Gasteiger partial charge in [-0.25, -0.2) is 0 Å². The number of thioether (sulfide) groups is 1. The number of nitrogens with one attached hydrogen (secondary N) is 1. The minimum absolute atomic E-state index is 0.701. The van der Waals surface area contributed by atoms with E-state index in [-0.39, 0.29) is 0 Å². The van der Waals surface area contributed by atoms with Gasteiger partial charge < -0.3 is 4.90 Å². The molecule has 2 saturated heterocycles. The molecule has 2 unspecified atom stereocenters. The summed E-state index contributed by atoms with van der Waals surface area (Å²) >= 11 is 2.07. The normalized spacial score (nSPS) is 37.1. The lowest BCUT2D eigenvalue weighted by atomic mass is 10.2. The van der Waals surface area contributed by atoms with Gasteiger partial charge in [0.2, 0.25) is 0 Å². The van der Waals surface area contributed by atoms with E-state index in [0.29, 0.717) is 6.04 Å². The highest BCUT2D eigenvalue weighted by Crippen LogP contribution is 2.37. The number of hydrogen-bond acceptors (Lipinski definition) is 2. The molecule has 10 heavy (non-hydrogen) atoms. The van der Waals surface area contributed by atoms with Crippen LogP contribution in [0.3, 0.4) is 0 Å². The number of likely N-dealkylation sites (tertiary alicyclic amines) is 1. The maximum Gasteiger partial charge on any atom is 0.0928 e. The number of hydrogen-bond donors (Lipinski definition) is 1. The fraction of sp³-hybridized carbons (Fsp3) is 0.857. The molecule has 2 nitrogen and oxygen atoms in total. The molecule has 3 heteroatoms. The topological polar surface area (TPSA) is 27.1 Å². The van der Waals surface area contributed by atoms with Crippen LogP contribution >= 0.6 is 11.8 Å². The summed E-state index contributed by atoms with van der Waals surface area (Å²) in [6, 6.07) is 0.701. The SMILES string of the molecule is CC(=N)N1CC2CC1CS2. The van der Waals surface area contributed by atoms with Crippen LogP contribution in [0, 0.1) is 5.41 Å². The molecule has 2 aliphatic heterocycles. The Labute approximate surface area is 65.5 Å². The first-order chi connectivity index (χ1) is 4.77. The monoisotopic (exact) mass is 156 g/mol. The van der Waals surface area contributed by atoms with E-state index >= 15 is 0 Å². The van der Waals surface area contributed by atoms with Gasteiger partial charge >= 0.3 is 0 Å². The zero-order valence-corrected chi connectivity index (χ0v) is 6.95. The third-order valence-electron chi connectivity index (χ3n) is 2.33. The van der Waals surface area contributed by atoms with Crippen molar-refractivity contribution in [3.63, 3.8) is 0 Å². The predicted molar refractivity (Wildman–Crippen MR) is 44.8 cm³/mol. The molecule has 2 bridgehead atoms. The van der Waals surface area contributed by atoms with Crippen molar-refractivity contribution in [1.82, 2.24) is 4.90 Å². The van der Waals surface area contributed by atoms with Crippen molar-refractivity contribution in [3.05, 3.63) is 0 Å². The fourth-order valence-corrected chi connectivity index (χ4v) is 3.24.